The highest BCUT2D eigenvalue weighted by molar-refractivity contribution is 5.91. The van der Waals surface area contributed by atoms with Gasteiger partial charge in [0.15, 0.2) is 5.75 Å². The van der Waals surface area contributed by atoms with Gasteiger partial charge in [-0.15, -0.1) is 0 Å². The lowest BCUT2D eigenvalue weighted by molar-refractivity contribution is 0.387. The van der Waals surface area contributed by atoms with Crippen molar-refractivity contribution in [1.29, 1.82) is 5.26 Å². The van der Waals surface area contributed by atoms with Crippen molar-refractivity contribution in [3.8, 4) is 11.8 Å². The molecule has 1 aliphatic rings. The van der Waals surface area contributed by atoms with Crippen LogP contribution in [0, 0.1) is 18.3 Å². The summed E-state index contributed by atoms with van der Waals surface area (Å²) in [7, 11) is 0. The van der Waals surface area contributed by atoms with Crippen LogP contribution in [0.2, 0.25) is 0 Å². The average Bonchev–Trinajstić information content (AvgIpc) is 2.72. The molecule has 2 N–H and O–H groups in total. The maximum Gasteiger partial charge on any atom is 0.344 e. The molecule has 3 aromatic rings. The van der Waals surface area contributed by atoms with Gasteiger partial charge in [-0.2, -0.15) is 5.26 Å². The summed E-state index contributed by atoms with van der Waals surface area (Å²) in [6.07, 6.45) is 0. The number of hydrogen-bond acceptors (Lipinski definition) is 5. The summed E-state index contributed by atoms with van der Waals surface area (Å²) >= 11 is 0. The molecule has 0 fully saturated rings. The number of hydrogen-bond donors (Lipinski definition) is 1. The minimum atomic E-state index is -0.652. The zero-order valence-corrected chi connectivity index (χ0v) is 19.4. The van der Waals surface area contributed by atoms with E-state index in [0.717, 1.165) is 27.6 Å². The summed E-state index contributed by atoms with van der Waals surface area (Å²) in [5, 5.41) is 10.6. The third-order valence-corrected chi connectivity index (χ3v) is 6.19. The van der Waals surface area contributed by atoms with Crippen LogP contribution in [0.5, 0.6) is 5.75 Å². The van der Waals surface area contributed by atoms with Crippen molar-refractivity contribution >= 4 is 11.0 Å². The molecule has 1 aliphatic heterocycles. The lowest BCUT2D eigenvalue weighted by atomic mass is 9.81. The number of nitrogens with zero attached hydrogens (tertiary/aromatic N) is 1. The van der Waals surface area contributed by atoms with Gasteiger partial charge in [0.05, 0.1) is 16.9 Å². The van der Waals surface area contributed by atoms with Gasteiger partial charge in [-0.25, -0.2) is 4.79 Å². The van der Waals surface area contributed by atoms with E-state index in [1.165, 1.54) is 0 Å². The normalized spacial score (nSPS) is 16.1. The van der Waals surface area contributed by atoms with Crippen LogP contribution in [0.15, 0.2) is 57.1 Å². The minimum Gasteiger partial charge on any atom is -0.439 e. The highest BCUT2D eigenvalue weighted by atomic mass is 16.5. The van der Waals surface area contributed by atoms with E-state index >= 15 is 0 Å². The van der Waals surface area contributed by atoms with Crippen molar-refractivity contribution in [2.75, 3.05) is 0 Å². The van der Waals surface area contributed by atoms with Crippen molar-refractivity contribution in [3.63, 3.8) is 0 Å². The Kier molecular flexibility index (Phi) is 5.13. The first-order valence-corrected chi connectivity index (χ1v) is 10.8. The van der Waals surface area contributed by atoms with Crippen LogP contribution in [0.3, 0.4) is 0 Å². The van der Waals surface area contributed by atoms with Crippen molar-refractivity contribution in [2.45, 2.75) is 58.8 Å². The average molecular weight is 429 g/mol. The fraction of sp³-hybridized carbons (Fsp3) is 0.333. The molecule has 32 heavy (non-hydrogen) atoms. The van der Waals surface area contributed by atoms with E-state index in [9.17, 15) is 10.1 Å². The van der Waals surface area contributed by atoms with Gasteiger partial charge in [-0.05, 0) is 40.5 Å². The molecule has 2 heterocycles. The van der Waals surface area contributed by atoms with E-state index in [4.69, 9.17) is 14.9 Å². The number of allylic oxidation sites excluding steroid dienone is 1. The molecule has 5 heteroatoms. The third-order valence-electron chi connectivity index (χ3n) is 6.19. The molecule has 1 atom stereocenters. The molecule has 2 aromatic carbocycles. The summed E-state index contributed by atoms with van der Waals surface area (Å²) in [5.74, 6) is -0.0875. The van der Waals surface area contributed by atoms with Crippen molar-refractivity contribution in [1.82, 2.24) is 0 Å². The van der Waals surface area contributed by atoms with Crippen LogP contribution in [0.4, 0.5) is 0 Å². The largest absolute Gasteiger partial charge is 0.439 e. The Bertz CT molecular complexity index is 1350. The lowest BCUT2D eigenvalue weighted by Gasteiger charge is -2.27. The predicted molar refractivity (Wildman–Crippen MR) is 126 cm³/mol. The van der Waals surface area contributed by atoms with Crippen LogP contribution in [0.25, 0.3) is 11.0 Å². The Labute approximate surface area is 188 Å². The number of rotatable bonds is 2. The number of ether oxygens (including phenoxy) is 1. The number of nitriles is 1. The smallest absolute Gasteiger partial charge is 0.344 e. The molecular weight excluding hydrogens is 400 g/mol. The van der Waals surface area contributed by atoms with E-state index < -0.39 is 11.5 Å². The van der Waals surface area contributed by atoms with E-state index in [2.05, 4.69) is 26.8 Å². The van der Waals surface area contributed by atoms with E-state index in [0.29, 0.717) is 16.9 Å². The topological polar surface area (TPSA) is 89.2 Å². The Morgan fingerprint density at radius 3 is 2.31 bits per heavy atom. The first-order chi connectivity index (χ1) is 15.0. The molecule has 0 spiro atoms. The van der Waals surface area contributed by atoms with E-state index in [1.54, 1.807) is 0 Å². The standard InChI is InChI=1S/C27H28N2O3/c1-14(2)18-12-7-15(3)20-23(18)32-26(30)22-21(19(13-28)25(29)31-24(20)22)16-8-10-17(11-9-16)27(4,5)6/h7-12,14,21H,29H2,1-6H3. The third kappa shape index (κ3) is 3.36. The zero-order valence-electron chi connectivity index (χ0n) is 19.4. The van der Waals surface area contributed by atoms with Gasteiger partial charge in [0, 0.05) is 0 Å². The van der Waals surface area contributed by atoms with E-state index in [-0.39, 0.29) is 22.8 Å². The zero-order chi connectivity index (χ0) is 23.4. The molecule has 0 amide bonds. The highest BCUT2D eigenvalue weighted by Gasteiger charge is 2.36. The molecule has 0 bridgehead atoms. The molecule has 0 aliphatic carbocycles. The minimum absolute atomic E-state index is 0.0153. The van der Waals surface area contributed by atoms with Gasteiger partial charge in [0.25, 0.3) is 0 Å². The van der Waals surface area contributed by atoms with Crippen molar-refractivity contribution in [2.24, 2.45) is 5.73 Å². The molecule has 5 nitrogen and oxygen atoms in total. The van der Waals surface area contributed by atoms with Crippen LogP contribution in [-0.2, 0) is 5.41 Å². The summed E-state index contributed by atoms with van der Waals surface area (Å²) in [5.41, 5.74) is 10.5. The molecule has 1 unspecified atom stereocenters. The van der Waals surface area contributed by atoms with Gasteiger partial charge in [0.2, 0.25) is 5.88 Å². The number of nitrogens with two attached hydrogens (primary N) is 1. The second kappa shape index (κ2) is 7.56. The van der Waals surface area contributed by atoms with Gasteiger partial charge in [-0.3, -0.25) is 0 Å². The van der Waals surface area contributed by atoms with E-state index in [1.807, 2.05) is 57.2 Å². The molecule has 1 aromatic heterocycles. The number of fused-ring (bicyclic) bond motifs is 3. The quantitative estimate of drug-likeness (QED) is 0.526. The van der Waals surface area contributed by atoms with Gasteiger partial charge >= 0.3 is 5.63 Å². The molecule has 4 rings (SSSR count). The van der Waals surface area contributed by atoms with Crippen LogP contribution < -0.4 is 16.1 Å². The monoisotopic (exact) mass is 428 g/mol. The fourth-order valence-electron chi connectivity index (χ4n) is 4.35. The lowest BCUT2D eigenvalue weighted by Crippen LogP contribution is -2.26. The Morgan fingerprint density at radius 2 is 1.75 bits per heavy atom. The predicted octanol–water partition coefficient (Wildman–Crippen LogP) is 5.74. The Balaban J connectivity index is 2.04. The summed E-state index contributed by atoms with van der Waals surface area (Å²) in [6.45, 7) is 12.5. The summed E-state index contributed by atoms with van der Waals surface area (Å²) in [4.78, 5) is 13.3. The highest BCUT2D eigenvalue weighted by Crippen LogP contribution is 2.45. The fourth-order valence-corrected chi connectivity index (χ4v) is 4.35. The Morgan fingerprint density at radius 1 is 1.09 bits per heavy atom. The second-order valence-electron chi connectivity index (χ2n) is 9.76. The number of benzene rings is 2. The molecule has 0 saturated carbocycles. The summed E-state index contributed by atoms with van der Waals surface area (Å²) in [6, 6.07) is 14.1. The van der Waals surface area contributed by atoms with Crippen LogP contribution in [0.1, 0.15) is 74.3 Å². The van der Waals surface area contributed by atoms with Crippen LogP contribution in [-0.4, -0.2) is 0 Å². The maximum atomic E-state index is 13.3. The molecule has 0 saturated heterocycles. The van der Waals surface area contributed by atoms with Gasteiger partial charge in [0.1, 0.15) is 17.2 Å². The SMILES string of the molecule is Cc1ccc(C(C)C)c2oc(=O)c3c(c12)OC(N)=C(C#N)C3c1ccc(C(C)(C)C)cc1. The molecule has 164 valence electrons. The first-order valence-electron chi connectivity index (χ1n) is 10.8. The Hall–Kier alpha value is -3.52. The van der Waals surface area contributed by atoms with Gasteiger partial charge in [-0.1, -0.05) is 71.0 Å². The summed E-state index contributed by atoms with van der Waals surface area (Å²) < 4.78 is 11.8. The first kappa shape index (κ1) is 21.7. The van der Waals surface area contributed by atoms with Crippen molar-refractivity contribution < 1.29 is 9.15 Å². The maximum absolute atomic E-state index is 13.3. The molecule has 0 radical (unpaired) electrons. The van der Waals surface area contributed by atoms with Crippen molar-refractivity contribution in [3.05, 3.63) is 86.1 Å². The van der Waals surface area contributed by atoms with Gasteiger partial charge < -0.3 is 14.9 Å². The second-order valence-corrected chi connectivity index (χ2v) is 9.76. The van der Waals surface area contributed by atoms with Crippen LogP contribution >= 0.6 is 0 Å². The number of aryl methyl sites for hydroxylation is 1. The molecular formula is C27H28N2O3.